The summed E-state index contributed by atoms with van der Waals surface area (Å²) in [5, 5.41) is 0. The Morgan fingerprint density at radius 1 is 0.885 bits per heavy atom. The molecule has 0 bridgehead atoms. The van der Waals surface area contributed by atoms with Crippen molar-refractivity contribution in [1.82, 2.24) is 0 Å². The van der Waals surface area contributed by atoms with Gasteiger partial charge in [-0.1, -0.05) is 38.7 Å². The van der Waals surface area contributed by atoms with Crippen LogP contribution in [0.5, 0.6) is 0 Å². The Hall–Kier alpha value is -0.920. The average molecular weight is 361 g/mol. The van der Waals surface area contributed by atoms with Crippen LogP contribution in [0.25, 0.3) is 0 Å². The number of hydrogen-bond acceptors (Lipinski definition) is 0. The molecule has 4 rings (SSSR count). The minimum absolute atomic E-state index is 0.588. The number of fused-ring (bicyclic) bond motifs is 2. The maximum Gasteiger partial charge on any atom is 0.162 e. The number of hydrogen-bond donors (Lipinski definition) is 0. The fourth-order valence-electron chi connectivity index (χ4n) is 6.42. The van der Waals surface area contributed by atoms with Gasteiger partial charge in [0.05, 0.1) is 0 Å². The molecule has 0 saturated heterocycles. The summed E-state index contributed by atoms with van der Waals surface area (Å²) in [5.74, 6) is 3.14. The fourth-order valence-corrected chi connectivity index (χ4v) is 6.42. The molecule has 0 aromatic heterocycles. The molecule has 5 unspecified atom stereocenters. The van der Waals surface area contributed by atoms with Crippen LogP contribution in [0.15, 0.2) is 12.1 Å². The number of rotatable bonds is 4. The number of unbranched alkanes of at least 4 members (excludes halogenated alkanes) is 1. The van der Waals surface area contributed by atoms with E-state index in [9.17, 15) is 8.78 Å². The van der Waals surface area contributed by atoms with Crippen LogP contribution < -0.4 is 0 Å². The summed E-state index contributed by atoms with van der Waals surface area (Å²) in [6.45, 7) is 2.30. The van der Waals surface area contributed by atoms with Crippen molar-refractivity contribution in [2.75, 3.05) is 0 Å². The molecule has 26 heavy (non-hydrogen) atoms. The Morgan fingerprint density at radius 2 is 1.62 bits per heavy atom. The molecule has 0 spiro atoms. The first kappa shape index (κ1) is 18.4. The summed E-state index contributed by atoms with van der Waals surface area (Å²) in [7, 11) is 0. The van der Waals surface area contributed by atoms with Gasteiger partial charge in [0.15, 0.2) is 11.6 Å². The molecule has 2 saturated carbocycles. The van der Waals surface area contributed by atoms with E-state index in [4.69, 9.17) is 0 Å². The van der Waals surface area contributed by atoms with Crippen LogP contribution in [0.2, 0.25) is 0 Å². The summed E-state index contributed by atoms with van der Waals surface area (Å²) in [6, 6.07) is 3.16. The van der Waals surface area contributed by atoms with E-state index >= 15 is 0 Å². The lowest BCUT2D eigenvalue weighted by molar-refractivity contribution is 0.0689. The zero-order valence-corrected chi connectivity index (χ0v) is 16.3. The highest BCUT2D eigenvalue weighted by atomic mass is 19.2. The predicted octanol–water partition coefficient (Wildman–Crippen LogP) is 7.09. The summed E-state index contributed by atoms with van der Waals surface area (Å²) < 4.78 is 27.5. The largest absolute Gasteiger partial charge is 0.204 e. The molecule has 2 fully saturated rings. The molecule has 3 aliphatic carbocycles. The molecule has 0 radical (unpaired) electrons. The Kier molecular flexibility index (Phi) is 5.66. The molecule has 1 aromatic carbocycles. The molecule has 144 valence electrons. The summed E-state index contributed by atoms with van der Waals surface area (Å²) >= 11 is 0. The highest BCUT2D eigenvalue weighted by Gasteiger charge is 2.38. The second kappa shape index (κ2) is 7.98. The van der Waals surface area contributed by atoms with E-state index in [0.29, 0.717) is 11.5 Å². The summed E-state index contributed by atoms with van der Waals surface area (Å²) in [6.07, 6.45) is 15.5. The molecule has 5 atom stereocenters. The van der Waals surface area contributed by atoms with Crippen LogP contribution in [0.4, 0.5) is 8.78 Å². The van der Waals surface area contributed by atoms with Crippen LogP contribution in [0, 0.1) is 41.2 Å². The van der Waals surface area contributed by atoms with E-state index < -0.39 is 11.6 Å². The van der Waals surface area contributed by atoms with Crippen molar-refractivity contribution in [2.24, 2.45) is 29.6 Å². The summed E-state index contributed by atoms with van der Waals surface area (Å²) in [5.41, 5.74) is 1.73. The van der Waals surface area contributed by atoms with Gasteiger partial charge in [0.2, 0.25) is 0 Å². The average Bonchev–Trinajstić information content (AvgIpc) is 2.68. The van der Waals surface area contributed by atoms with Crippen LogP contribution >= 0.6 is 0 Å². The van der Waals surface area contributed by atoms with Crippen molar-refractivity contribution >= 4 is 0 Å². The molecule has 1 aromatic rings. The standard InChI is InChI=1S/C24H34F2/c1-2-3-4-16-5-6-18-14-19(8-7-17(18)13-16)20-9-11-22-21(15-20)10-12-23(25)24(22)26/h10,12,16-20H,2-9,11,13-15H2,1H3. The van der Waals surface area contributed by atoms with Gasteiger partial charge in [0, 0.05) is 0 Å². The van der Waals surface area contributed by atoms with E-state index in [2.05, 4.69) is 6.92 Å². The highest BCUT2D eigenvalue weighted by Crippen LogP contribution is 2.49. The lowest BCUT2D eigenvalue weighted by Crippen LogP contribution is -2.35. The quantitative estimate of drug-likeness (QED) is 0.537. The van der Waals surface area contributed by atoms with Gasteiger partial charge in [-0.05, 0) is 98.1 Å². The Bertz CT molecular complexity index is 623. The third-order valence-corrected chi connectivity index (χ3v) is 7.94. The topological polar surface area (TPSA) is 0 Å². The third-order valence-electron chi connectivity index (χ3n) is 7.94. The van der Waals surface area contributed by atoms with Gasteiger partial charge >= 0.3 is 0 Å². The van der Waals surface area contributed by atoms with Gasteiger partial charge in [0.1, 0.15) is 0 Å². The minimum atomic E-state index is -0.678. The molecule has 0 N–H and O–H groups in total. The number of halogens is 2. The monoisotopic (exact) mass is 360 g/mol. The molecule has 0 heterocycles. The van der Waals surface area contributed by atoms with Gasteiger partial charge in [-0.3, -0.25) is 0 Å². The van der Waals surface area contributed by atoms with Crippen molar-refractivity contribution < 1.29 is 8.78 Å². The minimum Gasteiger partial charge on any atom is -0.204 e. The van der Waals surface area contributed by atoms with Crippen LogP contribution in [0.1, 0.15) is 82.3 Å². The van der Waals surface area contributed by atoms with Crippen molar-refractivity contribution in [3.63, 3.8) is 0 Å². The zero-order chi connectivity index (χ0) is 18.1. The molecule has 3 aliphatic rings. The number of benzene rings is 1. The summed E-state index contributed by atoms with van der Waals surface area (Å²) in [4.78, 5) is 0. The lowest BCUT2D eigenvalue weighted by Gasteiger charge is -2.45. The smallest absolute Gasteiger partial charge is 0.162 e. The lowest BCUT2D eigenvalue weighted by atomic mass is 9.61. The van der Waals surface area contributed by atoms with Gasteiger partial charge in [0.25, 0.3) is 0 Å². The van der Waals surface area contributed by atoms with Gasteiger partial charge in [-0.25, -0.2) is 8.78 Å². The molecule has 0 aliphatic heterocycles. The fraction of sp³-hybridized carbons (Fsp3) is 0.750. The predicted molar refractivity (Wildman–Crippen MR) is 103 cm³/mol. The van der Waals surface area contributed by atoms with Crippen LogP contribution in [-0.2, 0) is 12.8 Å². The van der Waals surface area contributed by atoms with Crippen molar-refractivity contribution in [2.45, 2.75) is 84.0 Å². The molecule has 0 amide bonds. The second-order valence-electron chi connectivity index (χ2n) is 9.42. The SMILES string of the molecule is CCCCC1CCC2CC(C3CCc4c(ccc(F)c4F)C3)CCC2C1. The molecular weight excluding hydrogens is 326 g/mol. The zero-order valence-electron chi connectivity index (χ0n) is 16.3. The van der Waals surface area contributed by atoms with E-state index in [1.165, 1.54) is 63.9 Å². The third kappa shape index (κ3) is 3.71. The van der Waals surface area contributed by atoms with Gasteiger partial charge < -0.3 is 0 Å². The van der Waals surface area contributed by atoms with Crippen LogP contribution in [-0.4, -0.2) is 0 Å². The van der Waals surface area contributed by atoms with Gasteiger partial charge in [-0.15, -0.1) is 0 Å². The first-order valence-corrected chi connectivity index (χ1v) is 11.1. The van der Waals surface area contributed by atoms with E-state index in [1.807, 2.05) is 6.07 Å². The molecular formula is C24H34F2. The highest BCUT2D eigenvalue weighted by molar-refractivity contribution is 5.32. The molecule has 2 heteroatoms. The van der Waals surface area contributed by atoms with Crippen molar-refractivity contribution in [1.29, 1.82) is 0 Å². The van der Waals surface area contributed by atoms with E-state index in [1.54, 1.807) is 0 Å². The van der Waals surface area contributed by atoms with Crippen LogP contribution in [0.3, 0.4) is 0 Å². The van der Waals surface area contributed by atoms with Crippen molar-refractivity contribution in [3.8, 4) is 0 Å². The Labute approximate surface area is 157 Å². The van der Waals surface area contributed by atoms with E-state index in [0.717, 1.165) is 48.5 Å². The van der Waals surface area contributed by atoms with Crippen molar-refractivity contribution in [3.05, 3.63) is 34.9 Å². The Morgan fingerprint density at radius 3 is 2.42 bits per heavy atom. The van der Waals surface area contributed by atoms with Gasteiger partial charge in [-0.2, -0.15) is 0 Å². The first-order chi connectivity index (χ1) is 12.7. The maximum atomic E-state index is 14.0. The normalized spacial score (nSPS) is 34.2. The molecule has 0 nitrogen and oxygen atoms in total. The maximum absolute atomic E-state index is 14.0. The van der Waals surface area contributed by atoms with E-state index in [-0.39, 0.29) is 0 Å². The first-order valence-electron chi connectivity index (χ1n) is 11.1. The Balaban J connectivity index is 1.36. The second-order valence-corrected chi connectivity index (χ2v) is 9.42.